The molecule has 1 aromatic rings. The van der Waals surface area contributed by atoms with E-state index in [9.17, 15) is 27.6 Å². The van der Waals surface area contributed by atoms with Crippen LogP contribution in [0.15, 0.2) is 24.5 Å². The van der Waals surface area contributed by atoms with Crippen LogP contribution >= 0.6 is 0 Å². The molecule has 146 valence electrons. The fourth-order valence-corrected chi connectivity index (χ4v) is 3.39. The fraction of sp³-hybridized carbons (Fsp3) is 0.529. The van der Waals surface area contributed by atoms with Crippen molar-refractivity contribution in [2.75, 3.05) is 0 Å². The topological polar surface area (TPSA) is 91.4 Å². The van der Waals surface area contributed by atoms with Crippen molar-refractivity contribution < 1.29 is 27.6 Å². The smallest absolute Gasteiger partial charge is 0.318 e. The van der Waals surface area contributed by atoms with Crippen LogP contribution in [-0.4, -0.2) is 39.6 Å². The number of alkyl halides is 3. The summed E-state index contributed by atoms with van der Waals surface area (Å²) < 4.78 is 41.4. The minimum Gasteiger partial charge on any atom is -0.318 e. The van der Waals surface area contributed by atoms with Gasteiger partial charge in [-0.3, -0.25) is 24.8 Å². The van der Waals surface area contributed by atoms with Gasteiger partial charge in [0.2, 0.25) is 5.91 Å². The lowest BCUT2D eigenvalue weighted by atomic mass is 9.88. The fourth-order valence-electron chi connectivity index (χ4n) is 3.39. The Morgan fingerprint density at radius 1 is 1.30 bits per heavy atom. The second kappa shape index (κ2) is 7.16. The van der Waals surface area contributed by atoms with E-state index in [-0.39, 0.29) is 6.54 Å². The molecule has 10 heteroatoms. The minimum absolute atomic E-state index is 0.379. The van der Waals surface area contributed by atoms with Crippen LogP contribution in [0, 0.1) is 5.92 Å². The SMILES string of the molecule is O=C(N[C@@]1(C(F)(F)F)NC(=O)N(Cc2cccnc2)C1=O)C1CCCCC1. The highest BCUT2D eigenvalue weighted by Crippen LogP contribution is 2.35. The molecule has 1 aromatic heterocycles. The van der Waals surface area contributed by atoms with Crippen molar-refractivity contribution in [1.82, 2.24) is 20.5 Å². The van der Waals surface area contributed by atoms with Gasteiger partial charge in [0.1, 0.15) is 0 Å². The van der Waals surface area contributed by atoms with E-state index in [1.807, 2.05) is 0 Å². The van der Waals surface area contributed by atoms with Crippen LogP contribution < -0.4 is 10.6 Å². The van der Waals surface area contributed by atoms with E-state index < -0.39 is 35.6 Å². The second-order valence-electron chi connectivity index (χ2n) is 6.75. The summed E-state index contributed by atoms with van der Waals surface area (Å²) in [5.41, 5.74) is -3.06. The Bertz CT molecular complexity index is 735. The molecule has 0 unspecified atom stereocenters. The quantitative estimate of drug-likeness (QED) is 0.778. The molecule has 7 nitrogen and oxygen atoms in total. The Morgan fingerprint density at radius 3 is 2.59 bits per heavy atom. The van der Waals surface area contributed by atoms with Crippen molar-refractivity contribution in [2.24, 2.45) is 5.92 Å². The molecule has 1 saturated heterocycles. The van der Waals surface area contributed by atoms with E-state index in [2.05, 4.69) is 4.98 Å². The Hall–Kier alpha value is -2.65. The molecule has 0 spiro atoms. The summed E-state index contributed by atoms with van der Waals surface area (Å²) in [7, 11) is 0. The maximum absolute atomic E-state index is 13.8. The highest BCUT2D eigenvalue weighted by Gasteiger charge is 2.68. The van der Waals surface area contributed by atoms with E-state index in [1.54, 1.807) is 10.6 Å². The Balaban J connectivity index is 1.84. The summed E-state index contributed by atoms with van der Waals surface area (Å²) in [5.74, 6) is -3.02. The van der Waals surface area contributed by atoms with Crippen molar-refractivity contribution in [3.63, 3.8) is 0 Å². The first-order valence-corrected chi connectivity index (χ1v) is 8.66. The van der Waals surface area contributed by atoms with E-state index in [1.165, 1.54) is 24.5 Å². The summed E-state index contributed by atoms with van der Waals surface area (Å²) >= 11 is 0. The molecule has 2 aliphatic rings. The van der Waals surface area contributed by atoms with E-state index in [0.717, 1.165) is 19.3 Å². The van der Waals surface area contributed by atoms with Gasteiger partial charge in [-0.05, 0) is 24.5 Å². The van der Waals surface area contributed by atoms with Gasteiger partial charge >= 0.3 is 12.2 Å². The van der Waals surface area contributed by atoms with Gasteiger partial charge in [0.25, 0.3) is 11.6 Å². The summed E-state index contributed by atoms with van der Waals surface area (Å²) in [6.45, 7) is -0.379. The van der Waals surface area contributed by atoms with Gasteiger partial charge in [0.15, 0.2) is 0 Å². The van der Waals surface area contributed by atoms with Crippen LogP contribution in [0.25, 0.3) is 0 Å². The zero-order chi connectivity index (χ0) is 19.7. The van der Waals surface area contributed by atoms with Crippen molar-refractivity contribution in [3.8, 4) is 0 Å². The van der Waals surface area contributed by atoms with Gasteiger partial charge in [-0.15, -0.1) is 0 Å². The molecule has 4 amide bonds. The van der Waals surface area contributed by atoms with Gasteiger partial charge in [-0.2, -0.15) is 13.2 Å². The van der Waals surface area contributed by atoms with Gasteiger partial charge < -0.3 is 5.32 Å². The standard InChI is InChI=1S/C17H19F3N4O3/c18-17(19,20)16(22-13(25)12-6-2-1-3-7-12)14(26)24(15(27)23-16)10-11-5-4-8-21-9-11/h4-5,8-9,12H,1-3,6-7,10H2,(H,22,25)(H,23,27)/t16-/m1/s1. The number of aromatic nitrogens is 1. The number of nitrogens with zero attached hydrogens (tertiary/aromatic N) is 2. The molecule has 1 atom stereocenters. The molecular weight excluding hydrogens is 365 g/mol. The average Bonchev–Trinajstić information content (AvgIpc) is 2.88. The minimum atomic E-state index is -5.19. The van der Waals surface area contributed by atoms with Crippen molar-refractivity contribution in [2.45, 2.75) is 50.5 Å². The third kappa shape index (κ3) is 3.60. The van der Waals surface area contributed by atoms with Gasteiger partial charge in [0, 0.05) is 18.3 Å². The lowest BCUT2D eigenvalue weighted by Gasteiger charge is -2.32. The van der Waals surface area contributed by atoms with E-state index >= 15 is 0 Å². The molecule has 1 aliphatic heterocycles. The summed E-state index contributed by atoms with van der Waals surface area (Å²) in [6.07, 6.45) is 0.933. The van der Waals surface area contributed by atoms with Crippen LogP contribution in [0.1, 0.15) is 37.7 Å². The zero-order valence-corrected chi connectivity index (χ0v) is 14.4. The van der Waals surface area contributed by atoms with Gasteiger partial charge in [0.05, 0.1) is 6.54 Å². The number of imide groups is 1. The molecule has 0 bridgehead atoms. The van der Waals surface area contributed by atoms with Crippen molar-refractivity contribution in [3.05, 3.63) is 30.1 Å². The predicted octanol–water partition coefficient (Wildman–Crippen LogP) is 2.09. The molecule has 2 heterocycles. The summed E-state index contributed by atoms with van der Waals surface area (Å²) in [5, 5.41) is 3.45. The van der Waals surface area contributed by atoms with Crippen LogP contribution in [0.3, 0.4) is 0 Å². The number of carbonyl (C=O) groups is 3. The van der Waals surface area contributed by atoms with Crippen molar-refractivity contribution >= 4 is 17.8 Å². The average molecular weight is 384 g/mol. The molecular formula is C17H19F3N4O3. The number of hydrogen-bond donors (Lipinski definition) is 2. The second-order valence-corrected chi connectivity index (χ2v) is 6.75. The first-order valence-electron chi connectivity index (χ1n) is 8.66. The molecule has 2 fully saturated rings. The highest BCUT2D eigenvalue weighted by molar-refractivity contribution is 6.09. The van der Waals surface area contributed by atoms with E-state index in [0.29, 0.717) is 23.3 Å². The molecule has 1 saturated carbocycles. The monoisotopic (exact) mass is 384 g/mol. The van der Waals surface area contributed by atoms with Crippen LogP contribution in [0.5, 0.6) is 0 Å². The summed E-state index contributed by atoms with van der Waals surface area (Å²) in [6, 6.07) is 1.85. The lowest BCUT2D eigenvalue weighted by Crippen LogP contribution is -2.70. The lowest BCUT2D eigenvalue weighted by molar-refractivity contribution is -0.205. The Morgan fingerprint density at radius 2 is 2.00 bits per heavy atom. The number of rotatable bonds is 4. The molecule has 1 aliphatic carbocycles. The molecule has 27 heavy (non-hydrogen) atoms. The number of pyridine rings is 1. The molecule has 3 rings (SSSR count). The Labute approximate surface area is 153 Å². The molecule has 2 N–H and O–H groups in total. The van der Waals surface area contributed by atoms with Crippen LogP contribution in [0.2, 0.25) is 0 Å². The Kier molecular flexibility index (Phi) is 5.07. The van der Waals surface area contributed by atoms with Crippen LogP contribution in [-0.2, 0) is 16.1 Å². The number of amides is 4. The zero-order valence-electron chi connectivity index (χ0n) is 14.4. The van der Waals surface area contributed by atoms with Crippen LogP contribution in [0.4, 0.5) is 18.0 Å². The molecule has 0 radical (unpaired) electrons. The number of nitrogens with one attached hydrogen (secondary N) is 2. The van der Waals surface area contributed by atoms with Gasteiger partial charge in [-0.25, -0.2) is 4.79 Å². The third-order valence-electron chi connectivity index (χ3n) is 4.88. The number of halogens is 3. The normalized spacial score (nSPS) is 24.0. The summed E-state index contributed by atoms with van der Waals surface area (Å²) in [4.78, 5) is 41.4. The van der Waals surface area contributed by atoms with Crippen molar-refractivity contribution in [1.29, 1.82) is 0 Å². The maximum atomic E-state index is 13.8. The predicted molar refractivity (Wildman–Crippen MR) is 86.8 cm³/mol. The largest absolute Gasteiger partial charge is 0.440 e. The van der Waals surface area contributed by atoms with Gasteiger partial charge in [-0.1, -0.05) is 25.3 Å². The molecule has 0 aromatic carbocycles. The number of urea groups is 1. The van der Waals surface area contributed by atoms with E-state index in [4.69, 9.17) is 0 Å². The maximum Gasteiger partial charge on any atom is 0.440 e. The first kappa shape index (κ1) is 19.1. The first-order chi connectivity index (χ1) is 12.7. The number of carbonyl (C=O) groups excluding carboxylic acids is 3. The highest BCUT2D eigenvalue weighted by atomic mass is 19.4. The number of hydrogen-bond acceptors (Lipinski definition) is 4. The third-order valence-corrected chi connectivity index (χ3v) is 4.88.